The van der Waals surface area contributed by atoms with E-state index in [1.54, 1.807) is 0 Å². The van der Waals surface area contributed by atoms with Crippen molar-refractivity contribution < 1.29 is 4.79 Å². The molecule has 3 nitrogen and oxygen atoms in total. The zero-order valence-corrected chi connectivity index (χ0v) is 11.6. The van der Waals surface area contributed by atoms with E-state index in [-0.39, 0.29) is 11.9 Å². The first-order valence-electron chi connectivity index (χ1n) is 5.62. The van der Waals surface area contributed by atoms with Gasteiger partial charge in [0.1, 0.15) is 0 Å². The zero-order chi connectivity index (χ0) is 12.3. The molecule has 1 aromatic carbocycles. The summed E-state index contributed by atoms with van der Waals surface area (Å²) < 4.78 is 0.887. The number of piperidine rings is 1. The average molecular weight is 318 g/mol. The van der Waals surface area contributed by atoms with Crippen LogP contribution in [-0.2, 0) is 11.3 Å². The van der Waals surface area contributed by atoms with Gasteiger partial charge in [0.15, 0.2) is 0 Å². The van der Waals surface area contributed by atoms with Crippen molar-refractivity contribution >= 4 is 33.4 Å². The topological polar surface area (TPSA) is 41.1 Å². The van der Waals surface area contributed by atoms with Crippen molar-refractivity contribution in [3.63, 3.8) is 0 Å². The molecule has 0 saturated carbocycles. The summed E-state index contributed by atoms with van der Waals surface area (Å²) in [4.78, 5) is 11.5. The van der Waals surface area contributed by atoms with Crippen LogP contribution >= 0.6 is 27.5 Å². The minimum atomic E-state index is -0.0776. The average Bonchev–Trinajstić information content (AvgIpc) is 2.32. The fraction of sp³-hybridized carbons (Fsp3) is 0.417. The number of hydrogen-bond acceptors (Lipinski definition) is 2. The Balaban J connectivity index is 1.92. The summed E-state index contributed by atoms with van der Waals surface area (Å²) >= 11 is 9.36. The zero-order valence-electron chi connectivity index (χ0n) is 9.30. The molecule has 0 radical (unpaired) electrons. The molecule has 0 aliphatic carbocycles. The lowest BCUT2D eigenvalue weighted by Gasteiger charge is -2.22. The van der Waals surface area contributed by atoms with Gasteiger partial charge >= 0.3 is 0 Å². The SMILES string of the molecule is O=C1NCCCC1NCc1ccc(Br)c(Cl)c1. The molecule has 17 heavy (non-hydrogen) atoms. The number of hydrogen-bond donors (Lipinski definition) is 2. The predicted octanol–water partition coefficient (Wildman–Crippen LogP) is 2.47. The normalized spacial score (nSPS) is 20.1. The van der Waals surface area contributed by atoms with Gasteiger partial charge in [0, 0.05) is 17.6 Å². The molecule has 5 heteroatoms. The summed E-state index contributed by atoms with van der Waals surface area (Å²) in [5, 5.41) is 6.79. The first kappa shape index (κ1) is 12.9. The maximum Gasteiger partial charge on any atom is 0.237 e. The molecule has 2 rings (SSSR count). The van der Waals surface area contributed by atoms with Gasteiger partial charge in [-0.15, -0.1) is 0 Å². The summed E-state index contributed by atoms with van der Waals surface area (Å²) in [5.74, 6) is 0.0967. The Bertz CT molecular complexity index is 425. The van der Waals surface area contributed by atoms with Gasteiger partial charge in [-0.3, -0.25) is 4.79 Å². The van der Waals surface area contributed by atoms with E-state index in [1.807, 2.05) is 18.2 Å². The number of rotatable bonds is 3. The van der Waals surface area contributed by atoms with Crippen LogP contribution in [0.25, 0.3) is 0 Å². The molecular weight excluding hydrogens is 304 g/mol. The molecule has 0 aromatic heterocycles. The third-order valence-corrected chi connectivity index (χ3v) is 4.05. The fourth-order valence-corrected chi connectivity index (χ4v) is 2.31. The van der Waals surface area contributed by atoms with Gasteiger partial charge in [0.2, 0.25) is 5.91 Å². The molecule has 0 bridgehead atoms. The molecule has 1 saturated heterocycles. The Hall–Kier alpha value is -0.580. The predicted molar refractivity (Wildman–Crippen MR) is 72.0 cm³/mol. The van der Waals surface area contributed by atoms with Crippen molar-refractivity contribution in [2.45, 2.75) is 25.4 Å². The van der Waals surface area contributed by atoms with Crippen LogP contribution in [0.3, 0.4) is 0 Å². The smallest absolute Gasteiger partial charge is 0.237 e. The molecule has 92 valence electrons. The molecule has 2 N–H and O–H groups in total. The molecule has 1 unspecified atom stereocenters. The number of carbonyl (C=O) groups excluding carboxylic acids is 1. The van der Waals surface area contributed by atoms with E-state index >= 15 is 0 Å². The standard InChI is InChI=1S/C12H14BrClN2O/c13-9-4-3-8(6-10(9)14)7-16-11-2-1-5-15-12(11)17/h3-4,6,11,16H,1-2,5,7H2,(H,15,17). The molecule has 1 aliphatic rings. The third-order valence-electron chi connectivity index (χ3n) is 2.82. The molecule has 1 atom stereocenters. The van der Waals surface area contributed by atoms with E-state index in [4.69, 9.17) is 11.6 Å². The molecule has 1 aliphatic heterocycles. The molecule has 1 fully saturated rings. The Morgan fingerprint density at radius 3 is 3.06 bits per heavy atom. The Labute approximate surface area is 114 Å². The molecule has 1 heterocycles. The second-order valence-corrected chi connectivity index (χ2v) is 5.38. The van der Waals surface area contributed by atoms with Crippen LogP contribution in [0.4, 0.5) is 0 Å². The van der Waals surface area contributed by atoms with Gasteiger partial charge in [0.05, 0.1) is 11.1 Å². The van der Waals surface area contributed by atoms with E-state index in [2.05, 4.69) is 26.6 Å². The van der Waals surface area contributed by atoms with Gasteiger partial charge in [-0.2, -0.15) is 0 Å². The minimum Gasteiger partial charge on any atom is -0.355 e. The van der Waals surface area contributed by atoms with Crippen molar-refractivity contribution in [1.29, 1.82) is 0 Å². The maximum atomic E-state index is 11.5. The van der Waals surface area contributed by atoms with Crippen LogP contribution < -0.4 is 10.6 Å². The molecule has 0 spiro atoms. The van der Waals surface area contributed by atoms with Crippen molar-refractivity contribution in [2.75, 3.05) is 6.54 Å². The van der Waals surface area contributed by atoms with E-state index < -0.39 is 0 Å². The van der Waals surface area contributed by atoms with Crippen molar-refractivity contribution in [3.05, 3.63) is 33.3 Å². The lowest BCUT2D eigenvalue weighted by Crippen LogP contribution is -2.47. The number of halogens is 2. The lowest BCUT2D eigenvalue weighted by atomic mass is 10.1. The van der Waals surface area contributed by atoms with Crippen LogP contribution in [-0.4, -0.2) is 18.5 Å². The van der Waals surface area contributed by atoms with Gasteiger partial charge in [-0.25, -0.2) is 0 Å². The highest BCUT2D eigenvalue weighted by Crippen LogP contribution is 2.23. The van der Waals surface area contributed by atoms with Gasteiger partial charge < -0.3 is 10.6 Å². The van der Waals surface area contributed by atoms with E-state index in [0.29, 0.717) is 11.6 Å². The van der Waals surface area contributed by atoms with Crippen LogP contribution in [0.1, 0.15) is 18.4 Å². The summed E-state index contributed by atoms with van der Waals surface area (Å²) in [7, 11) is 0. The quantitative estimate of drug-likeness (QED) is 0.899. The van der Waals surface area contributed by atoms with E-state index in [1.165, 1.54) is 0 Å². The highest BCUT2D eigenvalue weighted by atomic mass is 79.9. The van der Waals surface area contributed by atoms with Crippen molar-refractivity contribution in [1.82, 2.24) is 10.6 Å². The Morgan fingerprint density at radius 2 is 2.35 bits per heavy atom. The number of carbonyl (C=O) groups is 1. The number of nitrogens with one attached hydrogen (secondary N) is 2. The van der Waals surface area contributed by atoms with Crippen LogP contribution in [0.2, 0.25) is 5.02 Å². The number of amides is 1. The third kappa shape index (κ3) is 3.44. The summed E-state index contributed by atoms with van der Waals surface area (Å²) in [5.41, 5.74) is 1.08. The Morgan fingerprint density at radius 1 is 1.53 bits per heavy atom. The van der Waals surface area contributed by atoms with Gasteiger partial charge in [0.25, 0.3) is 0 Å². The van der Waals surface area contributed by atoms with Gasteiger partial charge in [-0.05, 0) is 46.5 Å². The lowest BCUT2D eigenvalue weighted by molar-refractivity contribution is -0.124. The van der Waals surface area contributed by atoms with Crippen molar-refractivity contribution in [3.8, 4) is 0 Å². The first-order valence-corrected chi connectivity index (χ1v) is 6.79. The highest BCUT2D eigenvalue weighted by Gasteiger charge is 2.20. The minimum absolute atomic E-state index is 0.0776. The summed E-state index contributed by atoms with van der Waals surface area (Å²) in [6.45, 7) is 1.45. The van der Waals surface area contributed by atoms with Crippen LogP contribution in [0.5, 0.6) is 0 Å². The molecule has 1 amide bonds. The maximum absolute atomic E-state index is 11.5. The highest BCUT2D eigenvalue weighted by molar-refractivity contribution is 9.10. The second kappa shape index (κ2) is 5.85. The van der Waals surface area contributed by atoms with E-state index in [0.717, 1.165) is 29.4 Å². The Kier molecular flexibility index (Phi) is 4.42. The second-order valence-electron chi connectivity index (χ2n) is 4.12. The van der Waals surface area contributed by atoms with E-state index in [9.17, 15) is 4.79 Å². The van der Waals surface area contributed by atoms with Crippen LogP contribution in [0.15, 0.2) is 22.7 Å². The molecular formula is C12H14BrClN2O. The van der Waals surface area contributed by atoms with Crippen LogP contribution in [0, 0.1) is 0 Å². The van der Waals surface area contributed by atoms with Crippen molar-refractivity contribution in [2.24, 2.45) is 0 Å². The fourth-order valence-electron chi connectivity index (χ4n) is 1.86. The summed E-state index contributed by atoms with van der Waals surface area (Å²) in [6, 6.07) is 5.73. The molecule has 1 aromatic rings. The summed E-state index contributed by atoms with van der Waals surface area (Å²) in [6.07, 6.45) is 1.93. The number of benzene rings is 1. The monoisotopic (exact) mass is 316 g/mol. The first-order chi connectivity index (χ1) is 8.16. The van der Waals surface area contributed by atoms with Gasteiger partial charge in [-0.1, -0.05) is 17.7 Å². The largest absolute Gasteiger partial charge is 0.355 e.